The van der Waals surface area contributed by atoms with Crippen molar-refractivity contribution in [2.24, 2.45) is 0 Å². The van der Waals surface area contributed by atoms with E-state index in [1.807, 2.05) is 18.2 Å². The van der Waals surface area contributed by atoms with Gasteiger partial charge in [-0.15, -0.1) is 0 Å². The fraction of sp³-hybridized carbons (Fsp3) is 0.421. The second-order valence-electron chi connectivity index (χ2n) is 6.47. The summed E-state index contributed by atoms with van der Waals surface area (Å²) >= 11 is 0. The Balaban J connectivity index is 2.71. The number of hydrogen-bond donors (Lipinski definition) is 1. The number of carbonyl (C=O) groups excluding carboxylic acids is 3. The van der Waals surface area contributed by atoms with Gasteiger partial charge in [-0.1, -0.05) is 43.0 Å². The molecule has 0 aliphatic carbocycles. The standard InChI is InChI=1S/C19H25NO6/c1-5-11-24-16(21)12-15(20-18(23)26-19(2,3)4)17(22)25-13-14-9-7-6-8-10-14/h5-10,15H,1,11-13H2,2-4H3,(H,20,23)/t15-/m1/s1. The molecule has 0 spiro atoms. The van der Waals surface area contributed by atoms with Crippen molar-refractivity contribution in [3.63, 3.8) is 0 Å². The highest BCUT2D eigenvalue weighted by Gasteiger charge is 2.28. The number of rotatable bonds is 8. The molecule has 1 N–H and O–H groups in total. The minimum atomic E-state index is -1.22. The minimum Gasteiger partial charge on any atom is -0.461 e. The zero-order chi connectivity index (χ0) is 19.6. The number of hydrogen-bond acceptors (Lipinski definition) is 6. The van der Waals surface area contributed by atoms with Crippen LogP contribution in [-0.2, 0) is 30.4 Å². The van der Waals surface area contributed by atoms with Gasteiger partial charge in [0.2, 0.25) is 0 Å². The van der Waals surface area contributed by atoms with Crippen LogP contribution in [0.25, 0.3) is 0 Å². The lowest BCUT2D eigenvalue weighted by atomic mass is 10.2. The first-order chi connectivity index (χ1) is 12.2. The largest absolute Gasteiger partial charge is 0.461 e. The average molecular weight is 363 g/mol. The van der Waals surface area contributed by atoms with Gasteiger partial charge in [0, 0.05) is 0 Å². The van der Waals surface area contributed by atoms with Gasteiger partial charge < -0.3 is 19.5 Å². The van der Waals surface area contributed by atoms with Gasteiger partial charge in [0.05, 0.1) is 6.42 Å². The lowest BCUT2D eigenvalue weighted by Gasteiger charge is -2.22. The van der Waals surface area contributed by atoms with Crippen molar-refractivity contribution in [3.05, 3.63) is 48.6 Å². The fourth-order valence-electron chi connectivity index (χ4n) is 1.85. The molecule has 0 saturated carbocycles. The van der Waals surface area contributed by atoms with Crippen LogP contribution < -0.4 is 5.32 Å². The first kappa shape index (κ1) is 21.2. The molecule has 1 aromatic rings. The van der Waals surface area contributed by atoms with E-state index in [0.29, 0.717) is 0 Å². The summed E-state index contributed by atoms with van der Waals surface area (Å²) in [4.78, 5) is 36.0. The molecule has 0 heterocycles. The van der Waals surface area contributed by atoms with Crippen molar-refractivity contribution in [2.45, 2.75) is 45.4 Å². The number of alkyl carbamates (subject to hydrolysis) is 1. The summed E-state index contributed by atoms with van der Waals surface area (Å²) in [5.41, 5.74) is 0.0393. The Morgan fingerprint density at radius 3 is 2.38 bits per heavy atom. The molecule has 1 aromatic carbocycles. The summed E-state index contributed by atoms with van der Waals surface area (Å²) in [5, 5.41) is 2.35. The quantitative estimate of drug-likeness (QED) is 0.434. The Bertz CT molecular complexity index is 621. The second-order valence-corrected chi connectivity index (χ2v) is 6.47. The van der Waals surface area contributed by atoms with Gasteiger partial charge in [0.25, 0.3) is 0 Å². The molecule has 0 aliphatic rings. The van der Waals surface area contributed by atoms with Gasteiger partial charge in [-0.3, -0.25) is 4.79 Å². The Kier molecular flexibility index (Phi) is 8.34. The third-order valence-corrected chi connectivity index (χ3v) is 2.93. The first-order valence-corrected chi connectivity index (χ1v) is 8.18. The first-order valence-electron chi connectivity index (χ1n) is 8.18. The molecule has 0 radical (unpaired) electrons. The molecular formula is C19H25NO6. The number of benzene rings is 1. The Hall–Kier alpha value is -2.83. The third-order valence-electron chi connectivity index (χ3n) is 2.93. The predicted molar refractivity (Wildman–Crippen MR) is 95.2 cm³/mol. The molecule has 0 saturated heterocycles. The van der Waals surface area contributed by atoms with E-state index in [4.69, 9.17) is 14.2 Å². The fourth-order valence-corrected chi connectivity index (χ4v) is 1.85. The van der Waals surface area contributed by atoms with Crippen molar-refractivity contribution in [3.8, 4) is 0 Å². The van der Waals surface area contributed by atoms with Crippen LogP contribution in [0.5, 0.6) is 0 Å². The minimum absolute atomic E-state index is 0.0110. The molecule has 0 unspecified atom stereocenters. The van der Waals surface area contributed by atoms with E-state index >= 15 is 0 Å². The van der Waals surface area contributed by atoms with Crippen molar-refractivity contribution in [2.75, 3.05) is 6.61 Å². The zero-order valence-electron chi connectivity index (χ0n) is 15.3. The normalized spacial score (nSPS) is 11.8. The summed E-state index contributed by atoms with van der Waals surface area (Å²) in [5.74, 6) is -1.42. The molecule has 7 heteroatoms. The van der Waals surface area contributed by atoms with Crippen molar-refractivity contribution in [1.82, 2.24) is 5.32 Å². The van der Waals surface area contributed by atoms with Crippen LogP contribution in [0.15, 0.2) is 43.0 Å². The van der Waals surface area contributed by atoms with Gasteiger partial charge in [0.1, 0.15) is 24.9 Å². The molecular weight excluding hydrogens is 338 g/mol. The van der Waals surface area contributed by atoms with Crippen LogP contribution in [0, 0.1) is 0 Å². The van der Waals surface area contributed by atoms with Gasteiger partial charge in [-0.2, -0.15) is 0 Å². The average Bonchev–Trinajstić information content (AvgIpc) is 2.56. The molecule has 0 aliphatic heterocycles. The topological polar surface area (TPSA) is 90.9 Å². The third kappa shape index (κ3) is 8.86. The molecule has 0 fully saturated rings. The summed E-state index contributed by atoms with van der Waals surface area (Å²) in [7, 11) is 0. The van der Waals surface area contributed by atoms with Crippen molar-refractivity contribution >= 4 is 18.0 Å². The van der Waals surface area contributed by atoms with Crippen molar-refractivity contribution < 1.29 is 28.6 Å². The zero-order valence-corrected chi connectivity index (χ0v) is 15.3. The van der Waals surface area contributed by atoms with E-state index in [-0.39, 0.29) is 19.6 Å². The second kappa shape index (κ2) is 10.2. The molecule has 0 bridgehead atoms. The predicted octanol–water partition coefficient (Wildman–Crippen LogP) is 2.74. The Labute approximate surface area is 153 Å². The van der Waals surface area contributed by atoms with Crippen LogP contribution in [0.2, 0.25) is 0 Å². The molecule has 142 valence electrons. The van der Waals surface area contributed by atoms with Gasteiger partial charge in [0.15, 0.2) is 0 Å². The van der Waals surface area contributed by atoms with E-state index in [2.05, 4.69) is 11.9 Å². The number of ether oxygens (including phenoxy) is 3. The maximum absolute atomic E-state index is 12.3. The van der Waals surface area contributed by atoms with Gasteiger partial charge >= 0.3 is 18.0 Å². The molecule has 7 nitrogen and oxygen atoms in total. The van der Waals surface area contributed by atoms with Crippen molar-refractivity contribution in [1.29, 1.82) is 0 Å². The molecule has 1 atom stereocenters. The van der Waals surface area contributed by atoms with E-state index in [0.717, 1.165) is 5.56 Å². The van der Waals surface area contributed by atoms with Gasteiger partial charge in [-0.25, -0.2) is 9.59 Å². The van der Waals surface area contributed by atoms with Crippen LogP contribution in [0.3, 0.4) is 0 Å². The Morgan fingerprint density at radius 2 is 1.81 bits per heavy atom. The van der Waals surface area contributed by atoms with Crippen LogP contribution >= 0.6 is 0 Å². The smallest absolute Gasteiger partial charge is 0.408 e. The van der Waals surface area contributed by atoms with Crippen LogP contribution in [0.1, 0.15) is 32.8 Å². The molecule has 1 amide bonds. The molecule has 1 rings (SSSR count). The lowest BCUT2D eigenvalue weighted by Crippen LogP contribution is -2.45. The van der Waals surface area contributed by atoms with Crippen LogP contribution in [0.4, 0.5) is 4.79 Å². The van der Waals surface area contributed by atoms with E-state index < -0.39 is 29.7 Å². The summed E-state index contributed by atoms with van der Waals surface area (Å²) in [6.45, 7) is 8.54. The Morgan fingerprint density at radius 1 is 1.15 bits per heavy atom. The summed E-state index contributed by atoms with van der Waals surface area (Å²) < 4.78 is 15.2. The summed E-state index contributed by atoms with van der Waals surface area (Å²) in [6, 6.07) is 7.83. The SMILES string of the molecule is C=CCOC(=O)C[C@@H](NC(=O)OC(C)(C)C)C(=O)OCc1ccccc1. The molecule has 26 heavy (non-hydrogen) atoms. The number of esters is 2. The van der Waals surface area contributed by atoms with E-state index in [1.165, 1.54) is 6.08 Å². The van der Waals surface area contributed by atoms with E-state index in [1.54, 1.807) is 32.9 Å². The molecule has 0 aromatic heterocycles. The number of amides is 1. The highest BCUT2D eigenvalue weighted by molar-refractivity contribution is 5.86. The monoisotopic (exact) mass is 363 g/mol. The number of nitrogens with one attached hydrogen (secondary N) is 1. The van der Waals surface area contributed by atoms with Gasteiger partial charge in [-0.05, 0) is 26.3 Å². The highest BCUT2D eigenvalue weighted by atomic mass is 16.6. The lowest BCUT2D eigenvalue weighted by molar-refractivity contribution is -0.153. The van der Waals surface area contributed by atoms with E-state index in [9.17, 15) is 14.4 Å². The van der Waals surface area contributed by atoms with Crippen LogP contribution in [-0.4, -0.2) is 36.3 Å². The maximum Gasteiger partial charge on any atom is 0.408 e. The highest BCUT2D eigenvalue weighted by Crippen LogP contribution is 2.09. The maximum atomic E-state index is 12.3. The number of carbonyl (C=O) groups is 3. The summed E-state index contributed by atoms with van der Waals surface area (Å²) in [6.07, 6.45) is 0.207.